The number of halogens is 2. The summed E-state index contributed by atoms with van der Waals surface area (Å²) in [5.74, 6) is -3.86. The monoisotopic (exact) mass is 510 g/mol. The van der Waals surface area contributed by atoms with Gasteiger partial charge in [0.1, 0.15) is 6.04 Å². The Balaban J connectivity index is 1.62. The molecule has 1 aromatic carbocycles. The standard InChI is InChI=1S/C21H24F2N6O3S2/c1-28(2)21(32)15(26-18(31)20-27-14-6-7-29(3)10-16(14)34-20)9-24-19(33)17(30)25-11-4-5-12(22)13(23)8-11/h4-5,8,15H,6-7,9-10H2,1-3H3,(H,24,33)(H,25,30)(H,26,31). The summed E-state index contributed by atoms with van der Waals surface area (Å²) in [6, 6.07) is 1.85. The lowest BCUT2D eigenvalue weighted by atomic mass is 10.2. The first-order chi connectivity index (χ1) is 16.0. The molecule has 34 heavy (non-hydrogen) atoms. The third-order valence-corrected chi connectivity index (χ3v) is 6.42. The van der Waals surface area contributed by atoms with E-state index in [2.05, 4.69) is 25.8 Å². The van der Waals surface area contributed by atoms with Crippen LogP contribution in [0.5, 0.6) is 0 Å². The van der Waals surface area contributed by atoms with Gasteiger partial charge in [-0.2, -0.15) is 0 Å². The third-order valence-electron chi connectivity index (χ3n) is 5.01. The van der Waals surface area contributed by atoms with Gasteiger partial charge in [0.05, 0.1) is 5.69 Å². The second kappa shape index (κ2) is 10.9. The first-order valence-electron chi connectivity index (χ1n) is 10.3. The van der Waals surface area contributed by atoms with E-state index in [0.717, 1.165) is 35.7 Å². The van der Waals surface area contributed by atoms with E-state index in [9.17, 15) is 23.2 Å². The average Bonchev–Trinajstić information content (AvgIpc) is 3.21. The zero-order chi connectivity index (χ0) is 25.0. The average molecular weight is 511 g/mol. The highest BCUT2D eigenvalue weighted by atomic mass is 32.1. The van der Waals surface area contributed by atoms with E-state index in [4.69, 9.17) is 12.2 Å². The summed E-state index contributed by atoms with van der Waals surface area (Å²) < 4.78 is 26.4. The van der Waals surface area contributed by atoms with Gasteiger partial charge in [0.15, 0.2) is 21.6 Å². The number of thiazole rings is 1. The minimum absolute atomic E-state index is 0.0145. The summed E-state index contributed by atoms with van der Waals surface area (Å²) in [7, 11) is 5.06. The second-order valence-corrected chi connectivity index (χ2v) is 9.42. The van der Waals surface area contributed by atoms with Crippen molar-refractivity contribution in [3.05, 3.63) is 45.4 Å². The highest BCUT2D eigenvalue weighted by Crippen LogP contribution is 2.24. The van der Waals surface area contributed by atoms with Gasteiger partial charge in [-0.1, -0.05) is 12.2 Å². The fourth-order valence-electron chi connectivity index (χ4n) is 3.19. The van der Waals surface area contributed by atoms with Gasteiger partial charge in [0.25, 0.3) is 11.8 Å². The lowest BCUT2D eigenvalue weighted by Crippen LogP contribution is -2.53. The van der Waals surface area contributed by atoms with Gasteiger partial charge < -0.3 is 25.8 Å². The number of carbonyl (C=O) groups excluding carboxylic acids is 3. The van der Waals surface area contributed by atoms with Crippen LogP contribution in [0, 0.1) is 11.6 Å². The van der Waals surface area contributed by atoms with Gasteiger partial charge in [-0.15, -0.1) is 11.3 Å². The molecule has 0 saturated carbocycles. The van der Waals surface area contributed by atoms with E-state index in [1.54, 1.807) is 0 Å². The van der Waals surface area contributed by atoms with Gasteiger partial charge in [-0.05, 0) is 19.2 Å². The minimum Gasteiger partial charge on any atom is -0.369 e. The first kappa shape index (κ1) is 25.6. The molecule has 3 N–H and O–H groups in total. The lowest BCUT2D eigenvalue weighted by Gasteiger charge is -2.22. The maximum atomic E-state index is 13.3. The molecule has 0 fully saturated rings. The number of anilines is 1. The van der Waals surface area contributed by atoms with Crippen molar-refractivity contribution in [2.45, 2.75) is 19.0 Å². The number of benzene rings is 1. The Hall–Kier alpha value is -3.03. The van der Waals surface area contributed by atoms with Crippen molar-refractivity contribution in [2.24, 2.45) is 0 Å². The predicted molar refractivity (Wildman–Crippen MR) is 128 cm³/mol. The number of nitrogens with one attached hydrogen (secondary N) is 3. The van der Waals surface area contributed by atoms with E-state index in [0.29, 0.717) is 6.54 Å². The van der Waals surface area contributed by atoms with Gasteiger partial charge in [0, 0.05) is 56.8 Å². The van der Waals surface area contributed by atoms with Crippen LogP contribution in [0.25, 0.3) is 0 Å². The summed E-state index contributed by atoms with van der Waals surface area (Å²) in [4.78, 5) is 46.3. The van der Waals surface area contributed by atoms with E-state index in [-0.39, 0.29) is 22.2 Å². The van der Waals surface area contributed by atoms with Crippen LogP contribution in [-0.2, 0) is 22.6 Å². The molecule has 0 saturated heterocycles. The zero-order valence-corrected chi connectivity index (χ0v) is 20.4. The number of aromatic nitrogens is 1. The molecule has 1 aliphatic heterocycles. The second-order valence-electron chi connectivity index (χ2n) is 7.93. The van der Waals surface area contributed by atoms with Gasteiger partial charge in [-0.25, -0.2) is 13.8 Å². The number of nitrogens with zero attached hydrogens (tertiary/aromatic N) is 3. The SMILES string of the molecule is CN1CCc2nc(C(=O)NC(CNC(=S)C(=O)Nc3ccc(F)c(F)c3)C(=O)N(C)C)sc2C1. The number of hydrogen-bond donors (Lipinski definition) is 3. The minimum atomic E-state index is -1.12. The predicted octanol–water partition coefficient (Wildman–Crippen LogP) is 1.15. The molecule has 9 nitrogen and oxygen atoms in total. The Labute approximate surface area is 204 Å². The molecule has 2 heterocycles. The lowest BCUT2D eigenvalue weighted by molar-refractivity contribution is -0.130. The zero-order valence-electron chi connectivity index (χ0n) is 18.8. The van der Waals surface area contributed by atoms with Crippen LogP contribution in [0.3, 0.4) is 0 Å². The van der Waals surface area contributed by atoms with Crippen molar-refractivity contribution in [1.82, 2.24) is 25.4 Å². The van der Waals surface area contributed by atoms with Crippen molar-refractivity contribution in [2.75, 3.05) is 39.5 Å². The fourth-order valence-corrected chi connectivity index (χ4v) is 4.41. The molecule has 182 valence electrons. The van der Waals surface area contributed by atoms with Crippen LogP contribution in [-0.4, -0.2) is 77.8 Å². The number of hydrogen-bond acceptors (Lipinski definition) is 7. The topological polar surface area (TPSA) is 107 Å². The van der Waals surface area contributed by atoms with E-state index in [1.807, 2.05) is 7.05 Å². The van der Waals surface area contributed by atoms with Crippen molar-refractivity contribution >= 4 is 52.0 Å². The number of thiocarbonyl (C=S) groups is 1. The van der Waals surface area contributed by atoms with E-state index < -0.39 is 35.4 Å². The Morgan fingerprint density at radius 1 is 1.26 bits per heavy atom. The summed E-state index contributed by atoms with van der Waals surface area (Å²) in [5, 5.41) is 7.89. The Bertz CT molecular complexity index is 1120. The highest BCUT2D eigenvalue weighted by molar-refractivity contribution is 7.82. The molecule has 0 bridgehead atoms. The normalized spacial score (nSPS) is 14.0. The molecule has 0 radical (unpaired) electrons. The molecule has 2 aromatic rings. The summed E-state index contributed by atoms with van der Waals surface area (Å²) in [6.07, 6.45) is 0.749. The van der Waals surface area contributed by atoms with Crippen molar-refractivity contribution in [3.8, 4) is 0 Å². The molecule has 13 heteroatoms. The molecular weight excluding hydrogens is 486 g/mol. The van der Waals surface area contributed by atoms with Crippen LogP contribution >= 0.6 is 23.6 Å². The molecule has 1 unspecified atom stereocenters. The highest BCUT2D eigenvalue weighted by Gasteiger charge is 2.27. The molecule has 1 atom stereocenters. The Morgan fingerprint density at radius 3 is 2.68 bits per heavy atom. The van der Waals surface area contributed by atoms with Crippen LogP contribution < -0.4 is 16.0 Å². The number of likely N-dealkylation sites (N-methyl/N-ethyl adjacent to an activating group) is 2. The van der Waals surface area contributed by atoms with Gasteiger partial charge in [-0.3, -0.25) is 14.4 Å². The number of fused-ring (bicyclic) bond motifs is 1. The Kier molecular flexibility index (Phi) is 8.23. The molecule has 1 aliphatic rings. The van der Waals surface area contributed by atoms with E-state index in [1.165, 1.54) is 36.4 Å². The van der Waals surface area contributed by atoms with Gasteiger partial charge in [0.2, 0.25) is 5.91 Å². The Morgan fingerprint density at radius 2 is 2.00 bits per heavy atom. The van der Waals surface area contributed by atoms with Gasteiger partial charge >= 0.3 is 0 Å². The quantitative estimate of drug-likeness (QED) is 0.501. The first-order valence-corrected chi connectivity index (χ1v) is 11.5. The number of rotatable bonds is 6. The van der Waals surface area contributed by atoms with Crippen molar-refractivity contribution in [1.29, 1.82) is 0 Å². The van der Waals surface area contributed by atoms with Crippen LogP contribution in [0.15, 0.2) is 18.2 Å². The summed E-state index contributed by atoms with van der Waals surface area (Å²) in [5.41, 5.74) is 0.901. The molecule has 0 aliphatic carbocycles. The van der Waals surface area contributed by atoms with E-state index >= 15 is 0 Å². The number of amides is 3. The molecule has 3 amide bonds. The smallest absolute Gasteiger partial charge is 0.283 e. The van der Waals surface area contributed by atoms with Crippen molar-refractivity contribution < 1.29 is 23.2 Å². The fraction of sp³-hybridized carbons (Fsp3) is 0.381. The van der Waals surface area contributed by atoms with Crippen LogP contribution in [0.4, 0.5) is 14.5 Å². The largest absolute Gasteiger partial charge is 0.369 e. The van der Waals surface area contributed by atoms with Crippen LogP contribution in [0.2, 0.25) is 0 Å². The summed E-state index contributed by atoms with van der Waals surface area (Å²) >= 11 is 6.32. The third kappa shape index (κ3) is 6.30. The maximum absolute atomic E-state index is 13.3. The van der Waals surface area contributed by atoms with Crippen molar-refractivity contribution in [3.63, 3.8) is 0 Å². The molecule has 1 aromatic heterocycles. The molecule has 0 spiro atoms. The molecule has 3 rings (SSSR count). The molecular formula is C21H24F2N6O3S2. The summed E-state index contributed by atoms with van der Waals surface area (Å²) in [6.45, 7) is 1.40. The number of carbonyl (C=O) groups is 3. The van der Waals surface area contributed by atoms with Crippen LogP contribution in [0.1, 0.15) is 20.4 Å². The maximum Gasteiger partial charge on any atom is 0.283 e.